The van der Waals surface area contributed by atoms with Gasteiger partial charge in [-0.1, -0.05) is 12.1 Å². The van der Waals surface area contributed by atoms with E-state index in [1.54, 1.807) is 6.20 Å². The van der Waals surface area contributed by atoms with Crippen LogP contribution in [-0.2, 0) is 13.1 Å². The molecule has 1 aromatic heterocycles. The highest BCUT2D eigenvalue weighted by Crippen LogP contribution is 2.03. The summed E-state index contributed by atoms with van der Waals surface area (Å²) >= 11 is 0. The Balaban J connectivity index is 1.81. The van der Waals surface area contributed by atoms with Gasteiger partial charge in [0.2, 0.25) is 0 Å². The first-order valence-corrected chi connectivity index (χ1v) is 5.98. The SMILES string of the molecule is CC(Cn1cccn1)NCc1ccc(C#N)cc1. The average molecular weight is 240 g/mol. The first kappa shape index (κ1) is 12.3. The molecule has 0 saturated carbocycles. The number of nitrogens with one attached hydrogen (secondary N) is 1. The molecule has 1 N–H and O–H groups in total. The maximum Gasteiger partial charge on any atom is 0.0991 e. The fourth-order valence-electron chi connectivity index (χ4n) is 1.74. The highest BCUT2D eigenvalue weighted by Gasteiger charge is 2.02. The van der Waals surface area contributed by atoms with Crippen LogP contribution in [0.15, 0.2) is 42.7 Å². The largest absolute Gasteiger partial charge is 0.308 e. The number of nitriles is 1. The van der Waals surface area contributed by atoms with Gasteiger partial charge < -0.3 is 5.32 Å². The van der Waals surface area contributed by atoms with Gasteiger partial charge in [-0.2, -0.15) is 10.4 Å². The van der Waals surface area contributed by atoms with Crippen molar-refractivity contribution in [3.8, 4) is 6.07 Å². The second-order valence-electron chi connectivity index (χ2n) is 4.32. The lowest BCUT2D eigenvalue weighted by Gasteiger charge is -2.13. The molecule has 4 heteroatoms. The molecule has 0 saturated heterocycles. The number of aromatic nitrogens is 2. The van der Waals surface area contributed by atoms with Gasteiger partial charge >= 0.3 is 0 Å². The average Bonchev–Trinajstić information content (AvgIpc) is 2.90. The zero-order chi connectivity index (χ0) is 12.8. The first-order chi connectivity index (χ1) is 8.78. The fraction of sp³-hybridized carbons (Fsp3) is 0.286. The molecule has 0 aliphatic carbocycles. The van der Waals surface area contributed by atoms with E-state index in [9.17, 15) is 0 Å². The lowest BCUT2D eigenvalue weighted by molar-refractivity contribution is 0.451. The number of hydrogen-bond acceptors (Lipinski definition) is 3. The van der Waals surface area contributed by atoms with Crippen molar-refractivity contribution >= 4 is 0 Å². The highest BCUT2D eigenvalue weighted by molar-refractivity contribution is 5.31. The predicted octanol–water partition coefficient (Wildman–Crippen LogP) is 1.93. The summed E-state index contributed by atoms with van der Waals surface area (Å²) in [5, 5.41) is 16.3. The van der Waals surface area contributed by atoms with Gasteiger partial charge in [0.15, 0.2) is 0 Å². The summed E-state index contributed by atoms with van der Waals surface area (Å²) in [4.78, 5) is 0. The summed E-state index contributed by atoms with van der Waals surface area (Å²) < 4.78 is 1.91. The summed E-state index contributed by atoms with van der Waals surface area (Å²) in [7, 11) is 0. The van der Waals surface area contributed by atoms with Crippen LogP contribution >= 0.6 is 0 Å². The van der Waals surface area contributed by atoms with E-state index in [0.29, 0.717) is 11.6 Å². The van der Waals surface area contributed by atoms with E-state index in [4.69, 9.17) is 5.26 Å². The third-order valence-corrected chi connectivity index (χ3v) is 2.76. The van der Waals surface area contributed by atoms with Crippen LogP contribution in [0.2, 0.25) is 0 Å². The number of rotatable bonds is 5. The lowest BCUT2D eigenvalue weighted by Crippen LogP contribution is -2.30. The van der Waals surface area contributed by atoms with Crippen LogP contribution in [0, 0.1) is 11.3 Å². The molecular weight excluding hydrogens is 224 g/mol. The molecule has 2 aromatic rings. The fourth-order valence-corrected chi connectivity index (χ4v) is 1.74. The Kier molecular flexibility index (Phi) is 4.11. The molecule has 0 amide bonds. The van der Waals surface area contributed by atoms with Crippen molar-refractivity contribution in [2.24, 2.45) is 0 Å². The zero-order valence-electron chi connectivity index (χ0n) is 10.4. The normalized spacial score (nSPS) is 12.0. The molecule has 4 nitrogen and oxygen atoms in total. The molecule has 2 rings (SSSR count). The van der Waals surface area contributed by atoms with Crippen molar-refractivity contribution in [1.82, 2.24) is 15.1 Å². The summed E-state index contributed by atoms with van der Waals surface area (Å²) in [6.07, 6.45) is 3.74. The lowest BCUT2D eigenvalue weighted by atomic mass is 10.1. The maximum atomic E-state index is 8.71. The monoisotopic (exact) mass is 240 g/mol. The maximum absolute atomic E-state index is 8.71. The van der Waals surface area contributed by atoms with Crippen LogP contribution in [-0.4, -0.2) is 15.8 Å². The Hall–Kier alpha value is -2.12. The Labute approximate surface area is 107 Å². The minimum absolute atomic E-state index is 0.348. The Morgan fingerprint density at radius 3 is 2.78 bits per heavy atom. The Morgan fingerprint density at radius 2 is 2.17 bits per heavy atom. The van der Waals surface area contributed by atoms with Crippen molar-refractivity contribution in [1.29, 1.82) is 5.26 Å². The molecule has 0 aliphatic rings. The van der Waals surface area contributed by atoms with Gasteiger partial charge in [0.25, 0.3) is 0 Å². The smallest absolute Gasteiger partial charge is 0.0991 e. The van der Waals surface area contributed by atoms with Crippen LogP contribution in [0.5, 0.6) is 0 Å². The van der Waals surface area contributed by atoms with Crippen molar-refractivity contribution < 1.29 is 0 Å². The highest BCUT2D eigenvalue weighted by atomic mass is 15.3. The molecule has 0 radical (unpaired) electrons. The first-order valence-electron chi connectivity index (χ1n) is 5.98. The van der Waals surface area contributed by atoms with Gasteiger partial charge in [0.05, 0.1) is 18.2 Å². The molecule has 0 bridgehead atoms. The van der Waals surface area contributed by atoms with Crippen LogP contribution in [0.4, 0.5) is 0 Å². The summed E-state index contributed by atoms with van der Waals surface area (Å²) in [6, 6.07) is 12.0. The van der Waals surface area contributed by atoms with Crippen LogP contribution < -0.4 is 5.32 Å². The Bertz CT molecular complexity index is 508. The number of benzene rings is 1. The van der Waals surface area contributed by atoms with Crippen molar-refractivity contribution in [3.63, 3.8) is 0 Å². The van der Waals surface area contributed by atoms with E-state index in [1.165, 1.54) is 5.56 Å². The molecule has 1 aromatic carbocycles. The van der Waals surface area contributed by atoms with Gasteiger partial charge in [-0.3, -0.25) is 4.68 Å². The topological polar surface area (TPSA) is 53.6 Å². The van der Waals surface area contributed by atoms with Crippen LogP contribution in [0.25, 0.3) is 0 Å². The zero-order valence-corrected chi connectivity index (χ0v) is 10.4. The molecule has 0 spiro atoms. The van der Waals surface area contributed by atoms with Crippen LogP contribution in [0.1, 0.15) is 18.1 Å². The molecule has 92 valence electrons. The number of hydrogen-bond donors (Lipinski definition) is 1. The van der Waals surface area contributed by atoms with E-state index in [0.717, 1.165) is 13.1 Å². The second kappa shape index (κ2) is 5.99. The molecule has 0 aliphatic heterocycles. The van der Waals surface area contributed by atoms with E-state index in [1.807, 2.05) is 41.2 Å². The standard InChI is InChI=1S/C14H16N4/c1-12(11-18-8-2-7-17-18)16-10-14-5-3-13(9-15)4-6-14/h2-8,12,16H,10-11H2,1H3. The predicted molar refractivity (Wildman–Crippen MR) is 69.7 cm³/mol. The van der Waals surface area contributed by atoms with Crippen LogP contribution in [0.3, 0.4) is 0 Å². The third kappa shape index (κ3) is 3.44. The Morgan fingerprint density at radius 1 is 1.39 bits per heavy atom. The summed E-state index contributed by atoms with van der Waals surface area (Å²) in [5.74, 6) is 0. The van der Waals surface area contributed by atoms with Crippen molar-refractivity contribution in [3.05, 3.63) is 53.9 Å². The van der Waals surface area contributed by atoms with E-state index in [-0.39, 0.29) is 0 Å². The van der Waals surface area contributed by atoms with Gasteiger partial charge in [-0.25, -0.2) is 0 Å². The van der Waals surface area contributed by atoms with E-state index < -0.39 is 0 Å². The minimum Gasteiger partial charge on any atom is -0.308 e. The minimum atomic E-state index is 0.348. The van der Waals surface area contributed by atoms with E-state index >= 15 is 0 Å². The van der Waals surface area contributed by atoms with E-state index in [2.05, 4.69) is 23.4 Å². The van der Waals surface area contributed by atoms with Gasteiger partial charge in [0, 0.05) is 25.0 Å². The van der Waals surface area contributed by atoms with Gasteiger partial charge in [-0.15, -0.1) is 0 Å². The second-order valence-corrected chi connectivity index (χ2v) is 4.32. The van der Waals surface area contributed by atoms with Crippen molar-refractivity contribution in [2.45, 2.75) is 26.1 Å². The quantitative estimate of drug-likeness (QED) is 0.868. The molecule has 18 heavy (non-hydrogen) atoms. The third-order valence-electron chi connectivity index (χ3n) is 2.76. The van der Waals surface area contributed by atoms with Crippen molar-refractivity contribution in [2.75, 3.05) is 0 Å². The molecule has 1 atom stereocenters. The molecule has 1 unspecified atom stereocenters. The van der Waals surface area contributed by atoms with Gasteiger partial charge in [0.1, 0.15) is 0 Å². The molecule has 1 heterocycles. The summed E-state index contributed by atoms with van der Waals surface area (Å²) in [6.45, 7) is 3.78. The molecular formula is C14H16N4. The summed E-state index contributed by atoms with van der Waals surface area (Å²) in [5.41, 5.74) is 1.88. The molecule has 0 fully saturated rings. The van der Waals surface area contributed by atoms with Gasteiger partial charge in [-0.05, 0) is 30.7 Å². The number of nitrogens with zero attached hydrogens (tertiary/aromatic N) is 3.